The second kappa shape index (κ2) is 6.70. The SMILES string of the molecule is COC(=O)C(CC(C)=C(C)C)S(=O)(=O)c1ccccc1. The van der Waals surface area contributed by atoms with Gasteiger partial charge in [-0.15, -0.1) is 0 Å². The number of sulfone groups is 1. The van der Waals surface area contributed by atoms with Crippen LogP contribution >= 0.6 is 0 Å². The highest BCUT2D eigenvalue weighted by Crippen LogP contribution is 2.23. The van der Waals surface area contributed by atoms with Gasteiger partial charge in [0.1, 0.15) is 0 Å². The number of ether oxygens (including phenoxy) is 1. The molecule has 0 aliphatic rings. The average Bonchev–Trinajstić information content (AvgIpc) is 2.44. The Balaban J connectivity index is 3.25. The van der Waals surface area contributed by atoms with E-state index in [0.29, 0.717) is 0 Å². The predicted molar refractivity (Wildman–Crippen MR) is 78.1 cm³/mol. The van der Waals surface area contributed by atoms with E-state index in [4.69, 9.17) is 0 Å². The van der Waals surface area contributed by atoms with Crippen molar-refractivity contribution in [2.45, 2.75) is 37.3 Å². The van der Waals surface area contributed by atoms with Crippen LogP contribution in [0.5, 0.6) is 0 Å². The van der Waals surface area contributed by atoms with E-state index in [9.17, 15) is 13.2 Å². The minimum Gasteiger partial charge on any atom is -0.468 e. The number of allylic oxidation sites excluding steroid dienone is 2. The highest BCUT2D eigenvalue weighted by Gasteiger charge is 2.35. The number of hydrogen-bond donors (Lipinski definition) is 0. The van der Waals surface area contributed by atoms with E-state index in [-0.39, 0.29) is 11.3 Å². The lowest BCUT2D eigenvalue weighted by Gasteiger charge is -2.16. The first kappa shape index (κ1) is 16.4. The normalized spacial score (nSPS) is 12.6. The number of esters is 1. The van der Waals surface area contributed by atoms with Crippen LogP contribution in [0, 0.1) is 0 Å². The fourth-order valence-electron chi connectivity index (χ4n) is 1.71. The van der Waals surface area contributed by atoms with Crippen LogP contribution < -0.4 is 0 Å². The summed E-state index contributed by atoms with van der Waals surface area (Å²) in [4.78, 5) is 12.0. The first-order valence-electron chi connectivity index (χ1n) is 6.30. The van der Waals surface area contributed by atoms with Crippen LogP contribution in [0.15, 0.2) is 46.4 Å². The Morgan fingerprint density at radius 1 is 1.15 bits per heavy atom. The molecule has 20 heavy (non-hydrogen) atoms. The third kappa shape index (κ3) is 3.70. The molecule has 4 nitrogen and oxygen atoms in total. The lowest BCUT2D eigenvalue weighted by Crippen LogP contribution is -2.32. The van der Waals surface area contributed by atoms with Gasteiger partial charge < -0.3 is 4.74 Å². The molecule has 5 heteroatoms. The maximum atomic E-state index is 12.6. The summed E-state index contributed by atoms with van der Waals surface area (Å²) < 4.78 is 29.8. The van der Waals surface area contributed by atoms with Crippen molar-refractivity contribution in [1.82, 2.24) is 0 Å². The van der Waals surface area contributed by atoms with Crippen molar-refractivity contribution in [1.29, 1.82) is 0 Å². The molecule has 0 heterocycles. The van der Waals surface area contributed by atoms with Crippen LogP contribution in [0.25, 0.3) is 0 Å². The van der Waals surface area contributed by atoms with Gasteiger partial charge in [-0.2, -0.15) is 0 Å². The fourth-order valence-corrected chi connectivity index (χ4v) is 3.39. The summed E-state index contributed by atoms with van der Waals surface area (Å²) in [5.74, 6) is -0.727. The third-order valence-corrected chi connectivity index (χ3v) is 5.29. The van der Waals surface area contributed by atoms with Crippen LogP contribution in [0.1, 0.15) is 27.2 Å². The van der Waals surface area contributed by atoms with Crippen LogP contribution in [0.3, 0.4) is 0 Å². The van der Waals surface area contributed by atoms with Crippen LogP contribution in [-0.4, -0.2) is 26.7 Å². The summed E-state index contributed by atoms with van der Waals surface area (Å²) in [5, 5.41) is -1.20. The lowest BCUT2D eigenvalue weighted by molar-refractivity contribution is -0.140. The topological polar surface area (TPSA) is 60.4 Å². The number of hydrogen-bond acceptors (Lipinski definition) is 4. The number of carbonyl (C=O) groups excluding carboxylic acids is 1. The molecule has 0 radical (unpaired) electrons. The summed E-state index contributed by atoms with van der Waals surface area (Å²) in [7, 11) is -2.55. The van der Waals surface area contributed by atoms with Crippen molar-refractivity contribution in [3.8, 4) is 0 Å². The van der Waals surface area contributed by atoms with Gasteiger partial charge in [-0.25, -0.2) is 8.42 Å². The van der Waals surface area contributed by atoms with Gasteiger partial charge in [-0.05, 0) is 39.3 Å². The van der Waals surface area contributed by atoms with Gasteiger partial charge in [0.05, 0.1) is 12.0 Å². The first-order chi connectivity index (χ1) is 9.30. The summed E-state index contributed by atoms with van der Waals surface area (Å²) >= 11 is 0. The molecule has 1 rings (SSSR count). The number of rotatable bonds is 5. The van der Waals surface area contributed by atoms with Gasteiger partial charge in [0, 0.05) is 0 Å². The van der Waals surface area contributed by atoms with Gasteiger partial charge in [0.15, 0.2) is 15.1 Å². The predicted octanol–water partition coefficient (Wildman–Crippen LogP) is 2.75. The Morgan fingerprint density at radius 2 is 1.70 bits per heavy atom. The Kier molecular flexibility index (Phi) is 5.51. The molecular weight excluding hydrogens is 276 g/mol. The van der Waals surface area contributed by atoms with E-state index in [1.54, 1.807) is 18.2 Å². The van der Waals surface area contributed by atoms with Gasteiger partial charge in [0.2, 0.25) is 0 Å². The molecule has 0 saturated heterocycles. The molecule has 1 unspecified atom stereocenters. The van der Waals surface area contributed by atoms with Gasteiger partial charge in [-0.3, -0.25) is 4.79 Å². The monoisotopic (exact) mass is 296 g/mol. The molecule has 0 N–H and O–H groups in total. The van der Waals surface area contributed by atoms with E-state index in [1.807, 2.05) is 20.8 Å². The van der Waals surface area contributed by atoms with Gasteiger partial charge in [-0.1, -0.05) is 29.3 Å². The van der Waals surface area contributed by atoms with Crippen molar-refractivity contribution in [3.05, 3.63) is 41.5 Å². The number of carbonyl (C=O) groups is 1. The summed E-state index contributed by atoms with van der Waals surface area (Å²) in [6.45, 7) is 5.60. The molecule has 1 aromatic carbocycles. The zero-order valence-electron chi connectivity index (χ0n) is 12.2. The second-order valence-corrected chi connectivity index (χ2v) is 6.98. The molecule has 1 aromatic rings. The highest BCUT2D eigenvalue weighted by atomic mass is 32.2. The number of methoxy groups -OCH3 is 1. The van der Waals surface area contributed by atoms with Crippen molar-refractivity contribution in [3.63, 3.8) is 0 Å². The standard InChI is InChI=1S/C15H20O4S/c1-11(2)12(3)10-14(15(16)19-4)20(17,18)13-8-6-5-7-9-13/h5-9,14H,10H2,1-4H3. The van der Waals surface area contributed by atoms with Gasteiger partial charge in [0.25, 0.3) is 0 Å². The molecule has 0 amide bonds. The summed E-state index contributed by atoms with van der Waals surface area (Å²) in [5.41, 5.74) is 1.88. The maximum absolute atomic E-state index is 12.6. The molecule has 1 atom stereocenters. The van der Waals surface area contributed by atoms with Crippen molar-refractivity contribution in [2.24, 2.45) is 0 Å². The lowest BCUT2D eigenvalue weighted by atomic mass is 10.1. The Hall–Kier alpha value is -1.62. The molecule has 0 spiro atoms. The van der Waals surface area contributed by atoms with Crippen molar-refractivity contribution in [2.75, 3.05) is 7.11 Å². The smallest absolute Gasteiger partial charge is 0.324 e. The molecule has 0 fully saturated rings. The van der Waals surface area contributed by atoms with E-state index in [0.717, 1.165) is 11.1 Å². The minimum absolute atomic E-state index is 0.136. The zero-order chi connectivity index (χ0) is 15.3. The number of benzene rings is 1. The highest BCUT2D eigenvalue weighted by molar-refractivity contribution is 7.92. The molecule has 0 aliphatic heterocycles. The zero-order valence-corrected chi connectivity index (χ0v) is 13.0. The molecular formula is C15H20O4S. The largest absolute Gasteiger partial charge is 0.468 e. The van der Waals surface area contributed by atoms with Crippen LogP contribution in [0.4, 0.5) is 0 Å². The van der Waals surface area contributed by atoms with Crippen molar-refractivity contribution < 1.29 is 17.9 Å². The van der Waals surface area contributed by atoms with E-state index in [2.05, 4.69) is 4.74 Å². The molecule has 0 aromatic heterocycles. The third-order valence-electron chi connectivity index (χ3n) is 3.26. The molecule has 0 aliphatic carbocycles. The van der Waals surface area contributed by atoms with E-state index in [1.165, 1.54) is 19.2 Å². The molecule has 0 bridgehead atoms. The quantitative estimate of drug-likeness (QED) is 0.619. The average molecular weight is 296 g/mol. The summed E-state index contributed by atoms with van der Waals surface area (Å²) in [6.07, 6.45) is 0.145. The Labute approximate surface area is 120 Å². The van der Waals surface area contributed by atoms with Gasteiger partial charge >= 0.3 is 5.97 Å². The molecule has 0 saturated carbocycles. The first-order valence-corrected chi connectivity index (χ1v) is 7.85. The Bertz CT molecular complexity index is 596. The summed E-state index contributed by atoms with van der Waals surface area (Å²) in [6, 6.07) is 7.98. The van der Waals surface area contributed by atoms with E-state index >= 15 is 0 Å². The minimum atomic E-state index is -3.75. The van der Waals surface area contributed by atoms with Crippen LogP contribution in [0.2, 0.25) is 0 Å². The fraction of sp³-hybridized carbons (Fsp3) is 0.400. The van der Waals surface area contributed by atoms with E-state index < -0.39 is 21.1 Å². The molecule has 110 valence electrons. The van der Waals surface area contributed by atoms with Crippen molar-refractivity contribution >= 4 is 15.8 Å². The van der Waals surface area contributed by atoms with Crippen LogP contribution in [-0.2, 0) is 19.4 Å². The second-order valence-electron chi connectivity index (χ2n) is 4.85. The maximum Gasteiger partial charge on any atom is 0.324 e. The Morgan fingerprint density at radius 3 is 2.15 bits per heavy atom.